The van der Waals surface area contributed by atoms with E-state index in [1.807, 2.05) is 20.8 Å². The second kappa shape index (κ2) is 6.78. The highest BCUT2D eigenvalue weighted by Gasteiger charge is 2.30. The van der Waals surface area contributed by atoms with Crippen LogP contribution in [0.1, 0.15) is 57.7 Å². The zero-order valence-corrected chi connectivity index (χ0v) is 13.6. The number of carbonyl (C=O) groups excluding carboxylic acids is 2. The summed E-state index contributed by atoms with van der Waals surface area (Å²) in [5, 5.41) is 2.74. The summed E-state index contributed by atoms with van der Waals surface area (Å²) in [5.74, 6) is -0.197. The SMILES string of the molecule is CCc1occc1C(=O)N[C@H](C(=O)OC(C)(C)C)C(C)C. The fraction of sp³-hybridized carbons (Fsp3) is 0.625. The van der Waals surface area contributed by atoms with Crippen molar-refractivity contribution >= 4 is 11.9 Å². The van der Waals surface area contributed by atoms with Crippen molar-refractivity contribution in [3.8, 4) is 0 Å². The number of aryl methyl sites for hydroxylation is 1. The first-order valence-corrected chi connectivity index (χ1v) is 7.25. The molecule has 0 fully saturated rings. The van der Waals surface area contributed by atoms with E-state index in [1.165, 1.54) is 6.26 Å². The predicted octanol–water partition coefficient (Wildman–Crippen LogP) is 2.94. The van der Waals surface area contributed by atoms with Crippen LogP contribution < -0.4 is 5.32 Å². The molecule has 0 aliphatic rings. The number of ether oxygens (including phenoxy) is 1. The Kier molecular flexibility index (Phi) is 5.58. The van der Waals surface area contributed by atoms with E-state index in [-0.39, 0.29) is 11.8 Å². The molecule has 0 aliphatic carbocycles. The van der Waals surface area contributed by atoms with Crippen molar-refractivity contribution in [3.05, 3.63) is 23.7 Å². The van der Waals surface area contributed by atoms with Crippen LogP contribution in [0.2, 0.25) is 0 Å². The summed E-state index contributed by atoms with van der Waals surface area (Å²) in [7, 11) is 0. The summed E-state index contributed by atoms with van der Waals surface area (Å²) in [4.78, 5) is 24.5. The molecule has 1 atom stereocenters. The molecule has 1 heterocycles. The highest BCUT2D eigenvalue weighted by Crippen LogP contribution is 2.15. The molecule has 0 spiro atoms. The van der Waals surface area contributed by atoms with E-state index < -0.39 is 17.6 Å². The molecule has 0 saturated heterocycles. The maximum absolute atomic E-state index is 12.3. The maximum Gasteiger partial charge on any atom is 0.329 e. The molecule has 0 aliphatic heterocycles. The number of amides is 1. The third-order valence-corrected chi connectivity index (χ3v) is 2.93. The van der Waals surface area contributed by atoms with Gasteiger partial charge in [0.1, 0.15) is 17.4 Å². The molecule has 0 radical (unpaired) electrons. The van der Waals surface area contributed by atoms with Crippen LogP contribution in [0, 0.1) is 5.92 Å². The van der Waals surface area contributed by atoms with Crippen LogP contribution >= 0.6 is 0 Å². The molecule has 1 rings (SSSR count). The monoisotopic (exact) mass is 295 g/mol. The van der Waals surface area contributed by atoms with E-state index in [4.69, 9.17) is 9.15 Å². The van der Waals surface area contributed by atoms with Gasteiger partial charge in [0.25, 0.3) is 5.91 Å². The number of rotatable bonds is 5. The van der Waals surface area contributed by atoms with Gasteiger partial charge in [0.2, 0.25) is 0 Å². The number of hydrogen-bond donors (Lipinski definition) is 1. The Morgan fingerprint density at radius 2 is 1.95 bits per heavy atom. The second-order valence-corrected chi connectivity index (χ2v) is 6.34. The summed E-state index contributed by atoms with van der Waals surface area (Å²) in [6, 6.07) is 0.928. The number of hydrogen-bond acceptors (Lipinski definition) is 4. The fourth-order valence-corrected chi connectivity index (χ4v) is 1.90. The van der Waals surface area contributed by atoms with Gasteiger partial charge in [-0.1, -0.05) is 20.8 Å². The molecule has 0 saturated carbocycles. The average molecular weight is 295 g/mol. The third kappa shape index (κ3) is 4.92. The lowest BCUT2D eigenvalue weighted by molar-refractivity contribution is -0.158. The van der Waals surface area contributed by atoms with Gasteiger partial charge in [-0.05, 0) is 32.8 Å². The zero-order chi connectivity index (χ0) is 16.2. The Morgan fingerprint density at radius 1 is 1.33 bits per heavy atom. The first-order valence-electron chi connectivity index (χ1n) is 7.25. The van der Waals surface area contributed by atoms with E-state index in [9.17, 15) is 9.59 Å². The minimum Gasteiger partial charge on any atom is -0.469 e. The van der Waals surface area contributed by atoms with Crippen LogP contribution in [0.4, 0.5) is 0 Å². The van der Waals surface area contributed by atoms with E-state index >= 15 is 0 Å². The smallest absolute Gasteiger partial charge is 0.329 e. The topological polar surface area (TPSA) is 68.5 Å². The van der Waals surface area contributed by atoms with Crippen LogP contribution in [-0.2, 0) is 16.0 Å². The van der Waals surface area contributed by atoms with Crippen molar-refractivity contribution < 1.29 is 18.7 Å². The van der Waals surface area contributed by atoms with Crippen LogP contribution in [0.3, 0.4) is 0 Å². The Balaban J connectivity index is 2.84. The van der Waals surface area contributed by atoms with Gasteiger partial charge in [-0.15, -0.1) is 0 Å². The van der Waals surface area contributed by atoms with Crippen LogP contribution in [0.25, 0.3) is 0 Å². The molecule has 1 amide bonds. The van der Waals surface area contributed by atoms with Crippen LogP contribution in [0.15, 0.2) is 16.7 Å². The molecule has 21 heavy (non-hydrogen) atoms. The number of furan rings is 1. The fourth-order valence-electron chi connectivity index (χ4n) is 1.90. The van der Waals surface area contributed by atoms with E-state index in [2.05, 4.69) is 5.32 Å². The molecular weight excluding hydrogens is 270 g/mol. The summed E-state index contributed by atoms with van der Waals surface area (Å²) >= 11 is 0. The lowest BCUT2D eigenvalue weighted by atomic mass is 10.0. The van der Waals surface area contributed by atoms with Crippen molar-refractivity contribution in [2.45, 2.75) is 59.6 Å². The Bertz CT molecular complexity index is 497. The van der Waals surface area contributed by atoms with E-state index in [0.29, 0.717) is 17.7 Å². The maximum atomic E-state index is 12.3. The normalized spacial score (nSPS) is 13.1. The van der Waals surface area contributed by atoms with Gasteiger partial charge in [0, 0.05) is 6.42 Å². The first-order chi connectivity index (χ1) is 9.65. The van der Waals surface area contributed by atoms with Gasteiger partial charge < -0.3 is 14.5 Å². The van der Waals surface area contributed by atoms with Gasteiger partial charge in [0.15, 0.2) is 0 Å². The van der Waals surface area contributed by atoms with Gasteiger partial charge in [0.05, 0.1) is 11.8 Å². The Hall–Kier alpha value is -1.78. The number of nitrogens with one attached hydrogen (secondary N) is 1. The molecule has 5 nitrogen and oxygen atoms in total. The Labute approximate surface area is 126 Å². The molecule has 0 unspecified atom stereocenters. The first kappa shape index (κ1) is 17.3. The zero-order valence-electron chi connectivity index (χ0n) is 13.6. The van der Waals surface area contributed by atoms with Gasteiger partial charge in [-0.2, -0.15) is 0 Å². The molecule has 118 valence electrons. The van der Waals surface area contributed by atoms with Crippen molar-refractivity contribution in [2.24, 2.45) is 5.92 Å². The highest BCUT2D eigenvalue weighted by atomic mass is 16.6. The van der Waals surface area contributed by atoms with Gasteiger partial charge >= 0.3 is 5.97 Å². The van der Waals surface area contributed by atoms with Crippen molar-refractivity contribution in [3.63, 3.8) is 0 Å². The summed E-state index contributed by atoms with van der Waals surface area (Å²) in [5.41, 5.74) is -0.120. The van der Waals surface area contributed by atoms with Crippen molar-refractivity contribution in [1.29, 1.82) is 0 Å². The standard InChI is InChI=1S/C16H25NO4/c1-7-12-11(8-9-20-12)14(18)17-13(10(2)3)15(19)21-16(4,5)6/h8-10,13H,7H2,1-6H3,(H,17,18)/t13-/m0/s1. The quantitative estimate of drug-likeness (QED) is 0.848. The molecule has 1 aromatic heterocycles. The minimum atomic E-state index is -0.684. The number of esters is 1. The summed E-state index contributed by atoms with van der Waals surface area (Å²) in [6.07, 6.45) is 2.10. The van der Waals surface area contributed by atoms with Gasteiger partial charge in [-0.3, -0.25) is 4.79 Å². The molecule has 1 N–H and O–H groups in total. The predicted molar refractivity (Wildman–Crippen MR) is 80.0 cm³/mol. The minimum absolute atomic E-state index is 0.0687. The molecule has 0 bridgehead atoms. The van der Waals surface area contributed by atoms with E-state index in [0.717, 1.165) is 0 Å². The van der Waals surface area contributed by atoms with Gasteiger partial charge in [-0.25, -0.2) is 4.79 Å². The molecule has 0 aromatic carbocycles. The third-order valence-electron chi connectivity index (χ3n) is 2.93. The van der Waals surface area contributed by atoms with Crippen LogP contribution in [-0.4, -0.2) is 23.5 Å². The molecule has 1 aromatic rings. The van der Waals surface area contributed by atoms with Crippen molar-refractivity contribution in [1.82, 2.24) is 5.32 Å². The van der Waals surface area contributed by atoms with E-state index in [1.54, 1.807) is 26.8 Å². The largest absolute Gasteiger partial charge is 0.469 e. The molecular formula is C16H25NO4. The van der Waals surface area contributed by atoms with Crippen molar-refractivity contribution in [2.75, 3.05) is 0 Å². The molecule has 5 heteroatoms. The average Bonchev–Trinajstić information content (AvgIpc) is 2.81. The van der Waals surface area contributed by atoms with Crippen LogP contribution in [0.5, 0.6) is 0 Å². The highest BCUT2D eigenvalue weighted by molar-refractivity contribution is 5.97. The summed E-state index contributed by atoms with van der Waals surface area (Å²) in [6.45, 7) is 11.0. The Morgan fingerprint density at radius 3 is 2.43 bits per heavy atom. The summed E-state index contributed by atoms with van der Waals surface area (Å²) < 4.78 is 10.6. The lowest BCUT2D eigenvalue weighted by Crippen LogP contribution is -2.47. The number of carbonyl (C=O) groups is 2. The lowest BCUT2D eigenvalue weighted by Gasteiger charge is -2.26. The second-order valence-electron chi connectivity index (χ2n) is 6.34.